The summed E-state index contributed by atoms with van der Waals surface area (Å²) in [4.78, 5) is 54.6. The van der Waals surface area contributed by atoms with Crippen molar-refractivity contribution in [2.24, 2.45) is 5.73 Å². The summed E-state index contributed by atoms with van der Waals surface area (Å²) in [6.45, 7) is 6.98. The molecular weight excluding hydrogens is 486 g/mol. The van der Waals surface area contributed by atoms with Crippen molar-refractivity contribution in [3.63, 3.8) is 0 Å². The van der Waals surface area contributed by atoms with Crippen molar-refractivity contribution in [2.75, 3.05) is 5.73 Å². The minimum atomic E-state index is -0.961. The van der Waals surface area contributed by atoms with Crippen LogP contribution in [-0.2, 0) is 32.0 Å². The quantitative estimate of drug-likeness (QED) is 0.312. The van der Waals surface area contributed by atoms with Gasteiger partial charge in [0.15, 0.2) is 5.78 Å². The topological polar surface area (TPSA) is 166 Å². The molecule has 10 heteroatoms. The fraction of sp³-hybridized carbons (Fsp3) is 0.464. The first-order valence-corrected chi connectivity index (χ1v) is 12.7. The van der Waals surface area contributed by atoms with Gasteiger partial charge in [0.05, 0.1) is 6.04 Å². The van der Waals surface area contributed by atoms with Crippen molar-refractivity contribution < 1.29 is 23.9 Å². The highest BCUT2D eigenvalue weighted by molar-refractivity contribution is 5.92. The first-order chi connectivity index (χ1) is 17.8. The maximum Gasteiger partial charge on any atom is 0.408 e. The van der Waals surface area contributed by atoms with Crippen molar-refractivity contribution in [2.45, 2.75) is 83.9 Å². The van der Waals surface area contributed by atoms with E-state index >= 15 is 0 Å². The molecule has 0 fully saturated rings. The lowest BCUT2D eigenvalue weighted by molar-refractivity contribution is -0.129. The second-order valence-electron chi connectivity index (χ2n) is 10.2. The Morgan fingerprint density at radius 3 is 2.21 bits per heavy atom. The van der Waals surface area contributed by atoms with Crippen LogP contribution in [0.25, 0.3) is 0 Å². The van der Waals surface area contributed by atoms with Gasteiger partial charge in [-0.1, -0.05) is 36.4 Å². The van der Waals surface area contributed by atoms with Gasteiger partial charge in [-0.2, -0.15) is 0 Å². The predicted molar refractivity (Wildman–Crippen MR) is 145 cm³/mol. The second-order valence-corrected chi connectivity index (χ2v) is 10.2. The number of nitrogen functional groups attached to an aromatic ring is 1. The van der Waals surface area contributed by atoms with Gasteiger partial charge in [0.1, 0.15) is 17.5 Å². The highest BCUT2D eigenvalue weighted by atomic mass is 16.6. The lowest BCUT2D eigenvalue weighted by Gasteiger charge is -2.25. The number of pyridine rings is 1. The van der Waals surface area contributed by atoms with Gasteiger partial charge in [-0.15, -0.1) is 0 Å². The number of carbonyl (C=O) groups excluding carboxylic acids is 4. The van der Waals surface area contributed by atoms with Crippen molar-refractivity contribution in [1.82, 2.24) is 15.6 Å². The number of ether oxygens (including phenoxy) is 1. The summed E-state index contributed by atoms with van der Waals surface area (Å²) in [5.41, 5.74) is 12.8. The van der Waals surface area contributed by atoms with Crippen molar-refractivity contribution >= 4 is 29.5 Å². The first-order valence-electron chi connectivity index (χ1n) is 12.7. The molecular formula is C28H39N5O5. The Hall–Kier alpha value is -3.95. The second kappa shape index (κ2) is 14.1. The van der Waals surface area contributed by atoms with Gasteiger partial charge >= 0.3 is 6.09 Å². The molecule has 2 aromatic rings. The van der Waals surface area contributed by atoms with E-state index in [1.165, 1.54) is 0 Å². The third-order valence-electron chi connectivity index (χ3n) is 5.81. The lowest BCUT2D eigenvalue weighted by Crippen LogP contribution is -2.52. The number of nitrogens with zero attached hydrogens (tertiary/aromatic N) is 1. The smallest absolute Gasteiger partial charge is 0.408 e. The van der Waals surface area contributed by atoms with E-state index in [0.29, 0.717) is 18.7 Å². The van der Waals surface area contributed by atoms with Gasteiger partial charge in [0.2, 0.25) is 11.8 Å². The molecule has 38 heavy (non-hydrogen) atoms. The molecule has 1 heterocycles. The number of carbonyl (C=O) groups is 4. The number of amides is 3. The fourth-order valence-electron chi connectivity index (χ4n) is 3.85. The lowest BCUT2D eigenvalue weighted by atomic mass is 9.98. The van der Waals surface area contributed by atoms with Crippen LogP contribution in [0.3, 0.4) is 0 Å². The SMILES string of the molecule is Cc1nc(N)ccc1CCC(=O)[C@H](CCC(N)=O)NC(=O)[C@@H](CCc1ccccc1)NC(=O)OC(C)(C)C. The maximum atomic E-state index is 13.3. The van der Waals surface area contributed by atoms with Gasteiger partial charge in [0, 0.05) is 18.5 Å². The summed E-state index contributed by atoms with van der Waals surface area (Å²) in [7, 11) is 0. The molecule has 0 spiro atoms. The van der Waals surface area contributed by atoms with Crippen LogP contribution in [0.5, 0.6) is 0 Å². The zero-order valence-corrected chi connectivity index (χ0v) is 22.6. The Morgan fingerprint density at radius 2 is 1.61 bits per heavy atom. The highest BCUT2D eigenvalue weighted by Crippen LogP contribution is 2.14. The monoisotopic (exact) mass is 525 g/mol. The number of aromatic nitrogens is 1. The van der Waals surface area contributed by atoms with Crippen LogP contribution in [0, 0.1) is 6.92 Å². The van der Waals surface area contributed by atoms with E-state index < -0.39 is 35.6 Å². The molecule has 206 valence electrons. The van der Waals surface area contributed by atoms with Gasteiger partial charge in [0.25, 0.3) is 0 Å². The number of rotatable bonds is 13. The van der Waals surface area contributed by atoms with Crippen molar-refractivity contribution in [3.05, 3.63) is 59.3 Å². The van der Waals surface area contributed by atoms with E-state index in [0.717, 1.165) is 16.8 Å². The van der Waals surface area contributed by atoms with Gasteiger partial charge < -0.3 is 26.8 Å². The summed E-state index contributed by atoms with van der Waals surface area (Å²) < 4.78 is 5.34. The number of primary amides is 1. The number of anilines is 1. The van der Waals surface area contributed by atoms with Crippen LogP contribution >= 0.6 is 0 Å². The number of hydrogen-bond acceptors (Lipinski definition) is 7. The Kier molecular flexibility index (Phi) is 11.2. The van der Waals surface area contributed by atoms with E-state index in [1.54, 1.807) is 26.8 Å². The molecule has 10 nitrogen and oxygen atoms in total. The molecule has 2 atom stereocenters. The van der Waals surface area contributed by atoms with Crippen LogP contribution in [0.1, 0.15) is 63.3 Å². The molecule has 0 unspecified atom stereocenters. The third kappa shape index (κ3) is 11.0. The summed E-state index contributed by atoms with van der Waals surface area (Å²) in [5.74, 6) is -0.985. The van der Waals surface area contributed by atoms with Crippen LogP contribution < -0.4 is 22.1 Å². The zero-order valence-electron chi connectivity index (χ0n) is 22.6. The Morgan fingerprint density at radius 1 is 0.921 bits per heavy atom. The zero-order chi connectivity index (χ0) is 28.3. The number of benzene rings is 1. The van der Waals surface area contributed by atoms with E-state index in [1.807, 2.05) is 43.3 Å². The van der Waals surface area contributed by atoms with Crippen LogP contribution in [0.15, 0.2) is 42.5 Å². The van der Waals surface area contributed by atoms with Gasteiger partial charge in [-0.05, 0) is 70.6 Å². The van der Waals surface area contributed by atoms with E-state index in [9.17, 15) is 19.2 Å². The number of alkyl carbamates (subject to hydrolysis) is 1. The molecule has 0 saturated carbocycles. The van der Waals surface area contributed by atoms with Gasteiger partial charge in [-0.25, -0.2) is 9.78 Å². The molecule has 0 aliphatic heterocycles. The Balaban J connectivity index is 2.14. The molecule has 1 aromatic heterocycles. The molecule has 3 amide bonds. The first kappa shape index (κ1) is 30.3. The molecule has 0 aliphatic carbocycles. The summed E-state index contributed by atoms with van der Waals surface area (Å²) in [6.07, 6.45) is 0.542. The number of hydrogen-bond donors (Lipinski definition) is 4. The summed E-state index contributed by atoms with van der Waals surface area (Å²) in [6, 6.07) is 11.1. The minimum absolute atomic E-state index is 0.0523. The number of Topliss-reactive ketones (excluding diaryl/α,β-unsaturated/α-hetero) is 1. The van der Waals surface area contributed by atoms with E-state index in [-0.39, 0.29) is 31.5 Å². The van der Waals surface area contributed by atoms with E-state index in [4.69, 9.17) is 16.2 Å². The number of nitrogens with one attached hydrogen (secondary N) is 2. The van der Waals surface area contributed by atoms with Crippen LogP contribution in [0.4, 0.5) is 10.6 Å². The number of nitrogens with two attached hydrogens (primary N) is 2. The standard InChI is InChI=1S/C28H39N5O5/c1-18-20(12-16-24(29)31-18)11-15-23(34)21(14-17-25(30)35)32-26(36)22(33-27(37)38-28(2,3)4)13-10-19-8-6-5-7-9-19/h5-9,12,16,21-22H,10-11,13-15,17H2,1-4H3,(H2,29,31)(H2,30,35)(H,32,36)(H,33,37)/t21-,22+/m0/s1. The molecule has 0 aliphatic rings. The molecule has 2 rings (SSSR count). The van der Waals surface area contributed by atoms with Crippen molar-refractivity contribution in [1.29, 1.82) is 0 Å². The van der Waals surface area contributed by atoms with Gasteiger partial charge in [-0.3, -0.25) is 14.4 Å². The molecule has 6 N–H and O–H groups in total. The summed E-state index contributed by atoms with van der Waals surface area (Å²) >= 11 is 0. The average molecular weight is 526 g/mol. The molecule has 0 saturated heterocycles. The highest BCUT2D eigenvalue weighted by Gasteiger charge is 2.28. The minimum Gasteiger partial charge on any atom is -0.444 e. The van der Waals surface area contributed by atoms with Crippen LogP contribution in [0.2, 0.25) is 0 Å². The predicted octanol–water partition coefficient (Wildman–Crippen LogP) is 2.75. The Bertz CT molecular complexity index is 1110. The van der Waals surface area contributed by atoms with E-state index in [2.05, 4.69) is 15.6 Å². The molecule has 0 bridgehead atoms. The molecule has 1 aromatic carbocycles. The summed E-state index contributed by atoms with van der Waals surface area (Å²) in [5, 5.41) is 5.36. The fourth-order valence-corrected chi connectivity index (χ4v) is 3.85. The largest absolute Gasteiger partial charge is 0.444 e. The average Bonchev–Trinajstić information content (AvgIpc) is 2.82. The molecule has 0 radical (unpaired) electrons. The normalized spacial score (nSPS) is 12.7. The maximum absolute atomic E-state index is 13.3. The number of ketones is 1. The third-order valence-corrected chi connectivity index (χ3v) is 5.81. The Labute approximate surface area is 223 Å². The van der Waals surface area contributed by atoms with Crippen LogP contribution in [-0.4, -0.2) is 46.4 Å². The number of aryl methyl sites for hydroxylation is 3. The van der Waals surface area contributed by atoms with Crippen molar-refractivity contribution in [3.8, 4) is 0 Å².